The molecule has 2 aromatic carbocycles. The Morgan fingerprint density at radius 2 is 1.71 bits per heavy atom. The first-order chi connectivity index (χ1) is 10.3. The molecule has 0 aliphatic carbocycles. The fraction of sp³-hybridized carbons (Fsp3) is 0.167. The first-order valence-corrected chi connectivity index (χ1v) is 6.96. The molecule has 1 heterocycles. The van der Waals surface area contributed by atoms with Gasteiger partial charge in [0.2, 0.25) is 0 Å². The second kappa shape index (κ2) is 5.82. The third-order valence-corrected chi connectivity index (χ3v) is 3.52. The Hall–Kier alpha value is -2.57. The number of nitrogens with zero attached hydrogens (tertiary/aromatic N) is 2. The zero-order valence-electron chi connectivity index (χ0n) is 12.0. The highest BCUT2D eigenvalue weighted by Gasteiger charge is 2.20. The summed E-state index contributed by atoms with van der Waals surface area (Å²) in [5, 5.41) is 9.32. The fourth-order valence-corrected chi connectivity index (χ4v) is 2.51. The highest BCUT2D eigenvalue weighted by molar-refractivity contribution is 5.72. The maximum Gasteiger partial charge on any atom is 0.336 e. The summed E-state index contributed by atoms with van der Waals surface area (Å²) in [4.78, 5) is 0. The Labute approximate surface area is 124 Å². The lowest BCUT2D eigenvalue weighted by Gasteiger charge is -1.95. The highest BCUT2D eigenvalue weighted by atomic mass is 16.3. The Morgan fingerprint density at radius 3 is 2.48 bits per heavy atom. The number of aliphatic hydroxyl groups excluding tert-OH is 1. The predicted molar refractivity (Wildman–Crippen MR) is 82.6 cm³/mol. The summed E-state index contributed by atoms with van der Waals surface area (Å²) in [5.41, 5.74) is 3.19. The van der Waals surface area contributed by atoms with Gasteiger partial charge in [0.25, 0.3) is 0 Å². The number of fused-ring (bicyclic) bond motifs is 1. The Balaban J connectivity index is 2.16. The molecule has 21 heavy (non-hydrogen) atoms. The molecular formula is C18H17N2O+. The minimum atomic E-state index is 0.0959. The van der Waals surface area contributed by atoms with Crippen molar-refractivity contribution in [3.05, 3.63) is 66.0 Å². The van der Waals surface area contributed by atoms with Crippen molar-refractivity contribution in [1.82, 2.24) is 4.57 Å². The van der Waals surface area contributed by atoms with E-state index in [4.69, 9.17) is 0 Å². The molecule has 0 spiro atoms. The first-order valence-electron chi connectivity index (χ1n) is 6.96. The van der Waals surface area contributed by atoms with E-state index in [1.807, 2.05) is 49.5 Å². The maximum atomic E-state index is 9.32. The number of hydrogen-bond donors (Lipinski definition) is 1. The minimum absolute atomic E-state index is 0.0959. The van der Waals surface area contributed by atoms with Crippen LogP contribution in [-0.4, -0.2) is 16.3 Å². The van der Waals surface area contributed by atoms with Crippen molar-refractivity contribution in [1.29, 1.82) is 0 Å². The van der Waals surface area contributed by atoms with Crippen LogP contribution in [0, 0.1) is 11.8 Å². The van der Waals surface area contributed by atoms with Crippen LogP contribution in [0.1, 0.15) is 11.4 Å². The van der Waals surface area contributed by atoms with Gasteiger partial charge in [0.05, 0.1) is 13.7 Å². The van der Waals surface area contributed by atoms with Crippen LogP contribution in [0.25, 0.3) is 11.0 Å². The number of benzene rings is 2. The van der Waals surface area contributed by atoms with Crippen molar-refractivity contribution in [2.24, 2.45) is 7.05 Å². The molecule has 1 aromatic heterocycles. The second-order valence-corrected chi connectivity index (χ2v) is 4.86. The number of aryl methyl sites for hydroxylation is 1. The largest absolute Gasteiger partial charge is 0.392 e. The molecule has 0 bridgehead atoms. The van der Waals surface area contributed by atoms with Gasteiger partial charge in [0.1, 0.15) is 6.54 Å². The summed E-state index contributed by atoms with van der Waals surface area (Å²) in [6, 6.07) is 18.1. The van der Waals surface area contributed by atoms with Gasteiger partial charge in [-0.1, -0.05) is 36.3 Å². The van der Waals surface area contributed by atoms with Gasteiger partial charge in [-0.25, -0.2) is 9.13 Å². The SMILES string of the molecule is C[n+]1c(C#Cc2ccccc2)n(CCO)c2ccccc21. The van der Waals surface area contributed by atoms with Gasteiger partial charge >= 0.3 is 5.82 Å². The van der Waals surface area contributed by atoms with Crippen LogP contribution in [-0.2, 0) is 13.6 Å². The summed E-state index contributed by atoms with van der Waals surface area (Å²) in [6.07, 6.45) is 0. The molecule has 3 nitrogen and oxygen atoms in total. The van der Waals surface area contributed by atoms with Gasteiger partial charge in [-0.05, 0) is 24.3 Å². The lowest BCUT2D eigenvalue weighted by atomic mass is 10.2. The van der Waals surface area contributed by atoms with E-state index in [1.54, 1.807) is 0 Å². The molecular weight excluding hydrogens is 260 g/mol. The molecule has 0 saturated heterocycles. The minimum Gasteiger partial charge on any atom is -0.392 e. The summed E-state index contributed by atoms with van der Waals surface area (Å²) >= 11 is 0. The number of aliphatic hydroxyl groups is 1. The van der Waals surface area contributed by atoms with Gasteiger partial charge < -0.3 is 5.11 Å². The van der Waals surface area contributed by atoms with Gasteiger partial charge in [-0.3, -0.25) is 0 Å². The topological polar surface area (TPSA) is 29.0 Å². The Bertz CT molecular complexity index is 823. The molecule has 0 fully saturated rings. The smallest absolute Gasteiger partial charge is 0.336 e. The molecule has 104 valence electrons. The molecule has 3 heteroatoms. The summed E-state index contributed by atoms with van der Waals surface area (Å²) in [7, 11) is 2.01. The molecule has 0 aliphatic rings. The molecule has 3 aromatic rings. The third-order valence-electron chi connectivity index (χ3n) is 3.52. The molecule has 0 amide bonds. The zero-order valence-corrected chi connectivity index (χ0v) is 12.0. The molecule has 3 rings (SSSR count). The van der Waals surface area contributed by atoms with Crippen LogP contribution in [0.5, 0.6) is 0 Å². The van der Waals surface area contributed by atoms with Gasteiger partial charge in [-0.15, -0.1) is 0 Å². The van der Waals surface area contributed by atoms with Crippen LogP contribution in [0.2, 0.25) is 0 Å². The first kappa shape index (κ1) is 13.4. The van der Waals surface area contributed by atoms with Gasteiger partial charge in [0, 0.05) is 11.5 Å². The van der Waals surface area contributed by atoms with E-state index >= 15 is 0 Å². The van der Waals surface area contributed by atoms with E-state index in [0.717, 1.165) is 22.4 Å². The van der Waals surface area contributed by atoms with E-state index in [1.165, 1.54) is 0 Å². The molecule has 0 saturated carbocycles. The standard InChI is InChI=1S/C18H17N2O/c1-19-16-9-5-6-10-17(16)20(13-14-21)18(19)12-11-15-7-3-2-4-8-15/h2-10,21H,13-14H2,1H3/q+1. The summed E-state index contributed by atoms with van der Waals surface area (Å²) in [6.45, 7) is 0.638. The average Bonchev–Trinajstić information content (AvgIpc) is 2.80. The lowest BCUT2D eigenvalue weighted by Crippen LogP contribution is -2.31. The molecule has 0 radical (unpaired) electrons. The van der Waals surface area contributed by atoms with E-state index in [-0.39, 0.29) is 6.61 Å². The second-order valence-electron chi connectivity index (χ2n) is 4.86. The van der Waals surface area contributed by atoms with Crippen LogP contribution >= 0.6 is 0 Å². The Kier molecular flexibility index (Phi) is 3.72. The quantitative estimate of drug-likeness (QED) is 0.562. The highest BCUT2D eigenvalue weighted by Crippen LogP contribution is 2.13. The van der Waals surface area contributed by atoms with Crippen molar-refractivity contribution >= 4 is 11.0 Å². The molecule has 0 unspecified atom stereocenters. The Morgan fingerprint density at radius 1 is 1.00 bits per heavy atom. The van der Waals surface area contributed by atoms with Gasteiger partial charge in [0.15, 0.2) is 11.0 Å². The molecule has 0 aliphatic heterocycles. The van der Waals surface area contributed by atoms with Crippen molar-refractivity contribution in [3.63, 3.8) is 0 Å². The van der Waals surface area contributed by atoms with E-state index < -0.39 is 0 Å². The van der Waals surface area contributed by atoms with Crippen LogP contribution in [0.15, 0.2) is 54.6 Å². The molecule has 1 N–H and O–H groups in total. The predicted octanol–water partition coefficient (Wildman–Crippen LogP) is 1.86. The van der Waals surface area contributed by atoms with E-state index in [0.29, 0.717) is 6.54 Å². The number of rotatable bonds is 2. The van der Waals surface area contributed by atoms with Crippen molar-refractivity contribution in [2.45, 2.75) is 6.54 Å². The number of para-hydroxylation sites is 2. The average molecular weight is 277 g/mol. The lowest BCUT2D eigenvalue weighted by molar-refractivity contribution is -0.648. The number of hydrogen-bond acceptors (Lipinski definition) is 1. The van der Waals surface area contributed by atoms with Crippen molar-refractivity contribution in [2.75, 3.05) is 6.61 Å². The van der Waals surface area contributed by atoms with Gasteiger partial charge in [-0.2, -0.15) is 0 Å². The van der Waals surface area contributed by atoms with Crippen molar-refractivity contribution in [3.8, 4) is 11.8 Å². The zero-order chi connectivity index (χ0) is 14.7. The number of aromatic nitrogens is 2. The fourth-order valence-electron chi connectivity index (χ4n) is 2.51. The van der Waals surface area contributed by atoms with Crippen LogP contribution in [0.3, 0.4) is 0 Å². The van der Waals surface area contributed by atoms with E-state index in [9.17, 15) is 5.11 Å². The summed E-state index contributed by atoms with van der Waals surface area (Å²) < 4.78 is 4.13. The van der Waals surface area contributed by atoms with Crippen LogP contribution < -0.4 is 4.57 Å². The monoisotopic (exact) mass is 277 g/mol. The maximum absolute atomic E-state index is 9.32. The van der Waals surface area contributed by atoms with Crippen LogP contribution in [0.4, 0.5) is 0 Å². The number of imidazole rings is 1. The normalized spacial score (nSPS) is 10.4. The summed E-state index contributed by atoms with van der Waals surface area (Å²) in [5.74, 6) is 7.32. The van der Waals surface area contributed by atoms with E-state index in [2.05, 4.69) is 33.1 Å². The van der Waals surface area contributed by atoms with Crippen molar-refractivity contribution < 1.29 is 9.67 Å². The molecule has 0 atom stereocenters. The third kappa shape index (κ3) is 2.54.